The quantitative estimate of drug-likeness (QED) is 0.846. The van der Waals surface area contributed by atoms with E-state index in [9.17, 15) is 10.1 Å². The number of anilines is 1. The molecule has 3 rings (SSSR count). The van der Waals surface area contributed by atoms with Crippen molar-refractivity contribution in [3.63, 3.8) is 0 Å². The van der Waals surface area contributed by atoms with E-state index in [4.69, 9.17) is 0 Å². The first-order valence-electron chi connectivity index (χ1n) is 8.15. The van der Waals surface area contributed by atoms with Crippen molar-refractivity contribution in [3.8, 4) is 6.07 Å². The number of thioether (sulfide) groups is 1. The van der Waals surface area contributed by atoms with Crippen LogP contribution >= 0.6 is 23.1 Å². The van der Waals surface area contributed by atoms with Crippen LogP contribution in [0.4, 0.5) is 5.00 Å². The molecule has 0 atom stereocenters. The number of fused-ring (bicyclic) bond motifs is 1. The van der Waals surface area contributed by atoms with Gasteiger partial charge in [0, 0.05) is 10.6 Å². The molecule has 2 aromatic rings. The van der Waals surface area contributed by atoms with Crippen LogP contribution in [0.25, 0.3) is 0 Å². The Hall–Kier alpha value is -1.77. The van der Waals surface area contributed by atoms with Crippen LogP contribution in [0.5, 0.6) is 0 Å². The summed E-state index contributed by atoms with van der Waals surface area (Å²) >= 11 is 3.18. The number of carbonyl (C=O) groups excluding carboxylic acids is 1. The lowest BCUT2D eigenvalue weighted by atomic mass is 9.96. The Bertz CT molecular complexity index is 772. The average molecular weight is 357 g/mol. The van der Waals surface area contributed by atoms with Gasteiger partial charge in [0.1, 0.15) is 11.1 Å². The Balaban J connectivity index is 1.56. The van der Waals surface area contributed by atoms with Crippen molar-refractivity contribution >= 4 is 34.0 Å². The molecular weight excluding hydrogens is 336 g/mol. The predicted octanol–water partition coefficient (Wildman–Crippen LogP) is 4.68. The van der Waals surface area contributed by atoms with E-state index in [1.165, 1.54) is 22.4 Å². The smallest absolute Gasteiger partial charge is 0.235 e. The van der Waals surface area contributed by atoms with Crippen molar-refractivity contribution in [2.45, 2.75) is 38.4 Å². The van der Waals surface area contributed by atoms with Crippen LogP contribution in [-0.4, -0.2) is 11.7 Å². The van der Waals surface area contributed by atoms with Crippen LogP contribution in [0.3, 0.4) is 0 Å². The molecule has 0 unspecified atom stereocenters. The highest BCUT2D eigenvalue weighted by Gasteiger charge is 2.21. The summed E-state index contributed by atoms with van der Waals surface area (Å²) in [4.78, 5) is 13.5. The number of benzene rings is 1. The van der Waals surface area contributed by atoms with Gasteiger partial charge in [0.05, 0.1) is 11.3 Å². The van der Waals surface area contributed by atoms with Gasteiger partial charge in [-0.3, -0.25) is 4.79 Å². The first-order valence-corrected chi connectivity index (χ1v) is 10.1. The summed E-state index contributed by atoms with van der Waals surface area (Å²) in [7, 11) is 0. The van der Waals surface area contributed by atoms with E-state index in [0.29, 0.717) is 11.3 Å². The maximum Gasteiger partial charge on any atom is 0.235 e. The minimum absolute atomic E-state index is 0.0257. The summed E-state index contributed by atoms with van der Waals surface area (Å²) in [5.41, 5.74) is 4.32. The second-order valence-electron chi connectivity index (χ2n) is 6.05. The summed E-state index contributed by atoms with van der Waals surface area (Å²) in [5, 5.41) is 13.1. The van der Waals surface area contributed by atoms with Crippen molar-refractivity contribution < 1.29 is 4.79 Å². The largest absolute Gasteiger partial charge is 0.316 e. The number of rotatable bonds is 5. The van der Waals surface area contributed by atoms with Crippen LogP contribution in [0.2, 0.25) is 0 Å². The SMILES string of the molecule is Cc1ccc(CSCC(=O)Nc2sc3c(c2C#N)CCCC3)cc1. The first-order chi connectivity index (χ1) is 11.7. The summed E-state index contributed by atoms with van der Waals surface area (Å²) in [6.45, 7) is 2.07. The van der Waals surface area contributed by atoms with Gasteiger partial charge < -0.3 is 5.32 Å². The molecule has 124 valence electrons. The fourth-order valence-corrected chi connectivity index (χ4v) is 4.92. The molecule has 3 nitrogen and oxygen atoms in total. The summed E-state index contributed by atoms with van der Waals surface area (Å²) < 4.78 is 0. The average Bonchev–Trinajstić information content (AvgIpc) is 2.93. The molecule has 0 fully saturated rings. The van der Waals surface area contributed by atoms with Gasteiger partial charge in [-0.25, -0.2) is 0 Å². The third kappa shape index (κ3) is 4.00. The van der Waals surface area contributed by atoms with Gasteiger partial charge in [-0.1, -0.05) is 29.8 Å². The number of hydrogen-bond donors (Lipinski definition) is 1. The van der Waals surface area contributed by atoms with Crippen molar-refractivity contribution in [1.82, 2.24) is 0 Å². The third-order valence-electron chi connectivity index (χ3n) is 4.16. The molecule has 1 N–H and O–H groups in total. The standard InChI is InChI=1S/C19H20N2OS2/c1-13-6-8-14(9-7-13)11-23-12-18(22)21-19-16(10-20)15-4-2-3-5-17(15)24-19/h6-9H,2-5,11-12H2,1H3,(H,21,22). The van der Waals surface area contributed by atoms with Gasteiger partial charge in [0.15, 0.2) is 0 Å². The summed E-state index contributed by atoms with van der Waals surface area (Å²) in [5.74, 6) is 1.20. The number of amides is 1. The maximum absolute atomic E-state index is 12.2. The fraction of sp³-hybridized carbons (Fsp3) is 0.368. The van der Waals surface area contributed by atoms with Crippen molar-refractivity contribution in [3.05, 3.63) is 51.4 Å². The number of nitrogens with zero attached hydrogens (tertiary/aromatic N) is 1. The number of carbonyl (C=O) groups is 1. The molecule has 0 saturated heterocycles. The van der Waals surface area contributed by atoms with Gasteiger partial charge in [0.2, 0.25) is 5.91 Å². The third-order valence-corrected chi connectivity index (χ3v) is 6.37. The molecule has 5 heteroatoms. The monoisotopic (exact) mass is 356 g/mol. The number of nitrogens with one attached hydrogen (secondary N) is 1. The van der Waals surface area contributed by atoms with E-state index < -0.39 is 0 Å². The highest BCUT2D eigenvalue weighted by atomic mass is 32.2. The van der Waals surface area contributed by atoms with E-state index in [1.54, 1.807) is 23.1 Å². The van der Waals surface area contributed by atoms with E-state index in [-0.39, 0.29) is 5.91 Å². The second-order valence-corrected chi connectivity index (χ2v) is 8.14. The number of thiophene rings is 1. The Morgan fingerprint density at radius 2 is 2.04 bits per heavy atom. The van der Waals surface area contributed by atoms with Gasteiger partial charge in [-0.15, -0.1) is 23.1 Å². The molecule has 0 bridgehead atoms. The lowest BCUT2D eigenvalue weighted by molar-refractivity contribution is -0.113. The van der Waals surface area contributed by atoms with E-state index in [0.717, 1.165) is 35.6 Å². The Morgan fingerprint density at radius 3 is 2.79 bits per heavy atom. The van der Waals surface area contributed by atoms with Crippen molar-refractivity contribution in [2.75, 3.05) is 11.1 Å². The topological polar surface area (TPSA) is 52.9 Å². The normalized spacial score (nSPS) is 13.2. The van der Waals surface area contributed by atoms with E-state index in [2.05, 4.69) is 42.6 Å². The lowest BCUT2D eigenvalue weighted by Crippen LogP contribution is -2.14. The van der Waals surface area contributed by atoms with Gasteiger partial charge in [-0.2, -0.15) is 5.26 Å². The minimum Gasteiger partial charge on any atom is -0.316 e. The lowest BCUT2D eigenvalue weighted by Gasteiger charge is -2.09. The van der Waals surface area contributed by atoms with Gasteiger partial charge >= 0.3 is 0 Å². The molecule has 1 aliphatic carbocycles. The van der Waals surface area contributed by atoms with Gasteiger partial charge in [-0.05, 0) is 43.7 Å². The molecule has 0 aliphatic heterocycles. The Kier molecular flexibility index (Phi) is 5.60. The van der Waals surface area contributed by atoms with E-state index in [1.807, 2.05) is 0 Å². The molecule has 1 aliphatic rings. The maximum atomic E-state index is 12.2. The number of nitriles is 1. The summed E-state index contributed by atoms with van der Waals surface area (Å²) in [6, 6.07) is 10.7. The van der Waals surface area contributed by atoms with Crippen LogP contribution in [0.1, 0.15) is 40.0 Å². The van der Waals surface area contributed by atoms with Gasteiger partial charge in [0.25, 0.3) is 0 Å². The Morgan fingerprint density at radius 1 is 1.29 bits per heavy atom. The highest BCUT2D eigenvalue weighted by Crippen LogP contribution is 2.37. The van der Waals surface area contributed by atoms with E-state index >= 15 is 0 Å². The molecule has 0 radical (unpaired) electrons. The number of hydrogen-bond acceptors (Lipinski definition) is 4. The molecule has 0 spiro atoms. The summed E-state index contributed by atoms with van der Waals surface area (Å²) in [6.07, 6.45) is 4.32. The van der Waals surface area contributed by atoms with Crippen molar-refractivity contribution in [1.29, 1.82) is 5.26 Å². The van der Waals surface area contributed by atoms with Crippen LogP contribution < -0.4 is 5.32 Å². The highest BCUT2D eigenvalue weighted by molar-refractivity contribution is 7.99. The number of aryl methyl sites for hydroxylation is 2. The van der Waals surface area contributed by atoms with Crippen LogP contribution in [0.15, 0.2) is 24.3 Å². The second kappa shape index (κ2) is 7.87. The molecule has 24 heavy (non-hydrogen) atoms. The molecule has 1 amide bonds. The fourth-order valence-electron chi connectivity index (χ4n) is 2.88. The molecular formula is C19H20N2OS2. The zero-order chi connectivity index (χ0) is 16.9. The minimum atomic E-state index is -0.0257. The molecule has 1 aromatic heterocycles. The predicted molar refractivity (Wildman–Crippen MR) is 102 cm³/mol. The van der Waals surface area contributed by atoms with Crippen LogP contribution in [-0.2, 0) is 23.4 Å². The molecule has 1 aromatic carbocycles. The first kappa shape index (κ1) is 17.1. The van der Waals surface area contributed by atoms with Crippen LogP contribution in [0, 0.1) is 18.3 Å². The van der Waals surface area contributed by atoms with Crippen molar-refractivity contribution in [2.24, 2.45) is 0 Å². The zero-order valence-corrected chi connectivity index (χ0v) is 15.4. The zero-order valence-electron chi connectivity index (χ0n) is 13.7. The Labute approximate surface area is 151 Å². The molecule has 1 heterocycles. The molecule has 0 saturated carbocycles.